The molecule has 8 heteroatoms. The fourth-order valence-electron chi connectivity index (χ4n) is 7.29. The number of hydrogen-bond acceptors (Lipinski definition) is 4. The van der Waals surface area contributed by atoms with Crippen LogP contribution in [0.1, 0.15) is 87.7 Å². The maximum atomic E-state index is 15.7. The van der Waals surface area contributed by atoms with E-state index < -0.39 is 17.5 Å². The maximum Gasteiger partial charge on any atom is 0.307 e. The molecule has 6 rings (SSSR count). The summed E-state index contributed by atoms with van der Waals surface area (Å²) in [6.07, 6.45) is 8.74. The molecule has 40 heavy (non-hydrogen) atoms. The molecule has 0 aromatic heterocycles. The number of amides is 1. The predicted octanol–water partition coefficient (Wildman–Crippen LogP) is 5.82. The van der Waals surface area contributed by atoms with Crippen LogP contribution in [0.25, 0.3) is 11.1 Å². The number of carbonyl (C=O) groups is 2. The number of ether oxygens (including phenoxy) is 1. The third-order valence-corrected chi connectivity index (χ3v) is 9.60. The molecular formula is C32H38F2N2O4. The first-order valence-electron chi connectivity index (χ1n) is 14.8. The van der Waals surface area contributed by atoms with Gasteiger partial charge in [-0.1, -0.05) is 37.5 Å². The lowest BCUT2D eigenvalue weighted by Gasteiger charge is -2.29. The molecule has 214 valence electrons. The summed E-state index contributed by atoms with van der Waals surface area (Å²) < 4.78 is 37.2. The minimum absolute atomic E-state index is 0.0640. The molecule has 1 saturated heterocycles. The second-order valence-corrected chi connectivity index (χ2v) is 12.4. The summed E-state index contributed by atoms with van der Waals surface area (Å²) in [6.45, 7) is 0.0640. The first-order chi connectivity index (χ1) is 19.2. The van der Waals surface area contributed by atoms with E-state index in [0.29, 0.717) is 41.7 Å². The Labute approximate surface area is 233 Å². The van der Waals surface area contributed by atoms with Gasteiger partial charge < -0.3 is 20.5 Å². The lowest BCUT2D eigenvalue weighted by atomic mass is 9.76. The Morgan fingerprint density at radius 2 is 1.85 bits per heavy atom. The van der Waals surface area contributed by atoms with Crippen LogP contribution in [0.3, 0.4) is 0 Å². The van der Waals surface area contributed by atoms with E-state index in [2.05, 4.69) is 10.6 Å². The highest BCUT2D eigenvalue weighted by molar-refractivity contribution is 5.86. The van der Waals surface area contributed by atoms with E-state index in [-0.39, 0.29) is 48.8 Å². The SMILES string of the molecule is O=C(O)Cc1ccc(O[C@@H]2CC[C@@H](NC(=O)[C@@]3(F)CNC4(CCCC4)C3)C2)c(-c2cccc(F)c2C2CCC2)c1. The van der Waals surface area contributed by atoms with Gasteiger partial charge in [-0.3, -0.25) is 9.59 Å². The van der Waals surface area contributed by atoms with Crippen LogP contribution >= 0.6 is 0 Å². The van der Waals surface area contributed by atoms with Crippen LogP contribution < -0.4 is 15.4 Å². The van der Waals surface area contributed by atoms with Crippen molar-refractivity contribution in [3.8, 4) is 16.9 Å². The van der Waals surface area contributed by atoms with E-state index in [1.807, 2.05) is 6.07 Å². The zero-order chi connectivity index (χ0) is 27.9. The highest BCUT2D eigenvalue weighted by Gasteiger charge is 2.54. The molecule has 1 heterocycles. The largest absolute Gasteiger partial charge is 0.490 e. The van der Waals surface area contributed by atoms with E-state index in [9.17, 15) is 14.7 Å². The Bertz CT molecular complexity index is 1290. The van der Waals surface area contributed by atoms with Crippen molar-refractivity contribution in [2.45, 2.75) is 106 Å². The van der Waals surface area contributed by atoms with Gasteiger partial charge in [-0.25, -0.2) is 8.78 Å². The van der Waals surface area contributed by atoms with Gasteiger partial charge in [0.1, 0.15) is 17.7 Å². The molecule has 0 bridgehead atoms. The van der Waals surface area contributed by atoms with Gasteiger partial charge in [0, 0.05) is 36.5 Å². The zero-order valence-corrected chi connectivity index (χ0v) is 22.8. The van der Waals surface area contributed by atoms with E-state index in [4.69, 9.17) is 4.74 Å². The molecule has 1 spiro atoms. The Kier molecular flexibility index (Phi) is 7.32. The molecule has 2 aromatic carbocycles. The summed E-state index contributed by atoms with van der Waals surface area (Å²) in [5, 5.41) is 15.6. The molecule has 3 atom stereocenters. The topological polar surface area (TPSA) is 87.7 Å². The molecule has 2 aromatic rings. The maximum absolute atomic E-state index is 15.7. The third kappa shape index (κ3) is 5.35. The number of rotatable bonds is 8. The standard InChI is InChI=1S/C32H38F2N2O4/c33-26-8-4-7-24(29(26)21-5-3-6-21)25-15-20(16-28(37)38)9-12-27(25)40-23-11-10-22(17-23)36-30(39)32(34)18-31(35-19-32)13-1-2-14-31/h4,7-9,12,15,21-23,35H,1-3,5-6,10-11,13-14,16-19H2,(H,36,39)(H,37,38)/t22-,23-,32+/m1/s1. The summed E-state index contributed by atoms with van der Waals surface area (Å²) >= 11 is 0. The number of carboxylic acid groups (broad SMARTS) is 1. The van der Waals surface area contributed by atoms with Crippen molar-refractivity contribution < 1.29 is 28.2 Å². The van der Waals surface area contributed by atoms with Crippen molar-refractivity contribution in [2.75, 3.05) is 6.54 Å². The molecule has 6 nitrogen and oxygen atoms in total. The van der Waals surface area contributed by atoms with Crippen LogP contribution in [0.15, 0.2) is 36.4 Å². The fraction of sp³-hybridized carbons (Fsp3) is 0.562. The summed E-state index contributed by atoms with van der Waals surface area (Å²) in [6, 6.07) is 10.2. The summed E-state index contributed by atoms with van der Waals surface area (Å²) in [5.74, 6) is -1.00. The van der Waals surface area contributed by atoms with E-state index in [1.54, 1.807) is 24.3 Å². The van der Waals surface area contributed by atoms with Gasteiger partial charge in [0.15, 0.2) is 0 Å². The normalized spacial score (nSPS) is 27.6. The number of carboxylic acids is 1. The quantitative estimate of drug-likeness (QED) is 0.384. The molecule has 0 radical (unpaired) electrons. The monoisotopic (exact) mass is 552 g/mol. The van der Waals surface area contributed by atoms with E-state index in [1.165, 1.54) is 6.07 Å². The van der Waals surface area contributed by atoms with Gasteiger partial charge in [-0.15, -0.1) is 0 Å². The second kappa shape index (κ2) is 10.8. The van der Waals surface area contributed by atoms with Crippen LogP contribution in [0.5, 0.6) is 5.75 Å². The summed E-state index contributed by atoms with van der Waals surface area (Å²) in [5.41, 5.74) is 0.602. The number of halogens is 2. The van der Waals surface area contributed by atoms with Crippen LogP contribution in [-0.4, -0.2) is 46.9 Å². The molecule has 0 unspecified atom stereocenters. The first-order valence-corrected chi connectivity index (χ1v) is 14.8. The van der Waals surface area contributed by atoms with Crippen LogP contribution in [0.4, 0.5) is 8.78 Å². The van der Waals surface area contributed by atoms with E-state index >= 15 is 8.78 Å². The Balaban J connectivity index is 1.18. The van der Waals surface area contributed by atoms with Gasteiger partial charge in [0.2, 0.25) is 5.67 Å². The molecule has 1 amide bonds. The van der Waals surface area contributed by atoms with Gasteiger partial charge >= 0.3 is 5.97 Å². The van der Waals surface area contributed by atoms with Crippen molar-refractivity contribution >= 4 is 11.9 Å². The number of benzene rings is 2. The second-order valence-electron chi connectivity index (χ2n) is 12.4. The highest BCUT2D eigenvalue weighted by Crippen LogP contribution is 2.46. The average Bonchev–Trinajstić information content (AvgIpc) is 3.61. The first kappa shape index (κ1) is 27.2. The Morgan fingerprint density at radius 3 is 2.58 bits per heavy atom. The number of carbonyl (C=O) groups excluding carboxylic acids is 1. The minimum Gasteiger partial charge on any atom is -0.490 e. The third-order valence-electron chi connectivity index (χ3n) is 9.60. The zero-order valence-electron chi connectivity index (χ0n) is 22.8. The number of hydrogen-bond donors (Lipinski definition) is 3. The Morgan fingerprint density at radius 1 is 1.05 bits per heavy atom. The molecule has 1 aliphatic heterocycles. The van der Waals surface area contributed by atoms with Gasteiger partial charge in [-0.05, 0) is 79.3 Å². The smallest absolute Gasteiger partial charge is 0.307 e. The van der Waals surface area contributed by atoms with Crippen molar-refractivity contribution in [2.24, 2.45) is 0 Å². The number of alkyl halides is 1. The predicted molar refractivity (Wildman–Crippen MR) is 148 cm³/mol. The van der Waals surface area contributed by atoms with Crippen molar-refractivity contribution in [3.63, 3.8) is 0 Å². The summed E-state index contributed by atoms with van der Waals surface area (Å²) in [7, 11) is 0. The van der Waals surface area contributed by atoms with Crippen LogP contribution in [0.2, 0.25) is 0 Å². The molecule has 3 aliphatic carbocycles. The van der Waals surface area contributed by atoms with Crippen LogP contribution in [0, 0.1) is 5.82 Å². The average molecular weight is 553 g/mol. The fourth-order valence-corrected chi connectivity index (χ4v) is 7.29. The van der Waals surface area contributed by atoms with Crippen LogP contribution in [-0.2, 0) is 16.0 Å². The van der Waals surface area contributed by atoms with Crippen molar-refractivity contribution in [1.82, 2.24) is 10.6 Å². The minimum atomic E-state index is -1.88. The highest BCUT2D eigenvalue weighted by atomic mass is 19.1. The molecular weight excluding hydrogens is 514 g/mol. The number of nitrogens with one attached hydrogen (secondary N) is 2. The lowest BCUT2D eigenvalue weighted by molar-refractivity contribution is -0.136. The Hall–Kier alpha value is -3.00. The van der Waals surface area contributed by atoms with Crippen molar-refractivity contribution in [3.05, 3.63) is 53.3 Å². The van der Waals surface area contributed by atoms with Gasteiger partial charge in [0.25, 0.3) is 5.91 Å². The number of aliphatic carboxylic acids is 1. The van der Waals surface area contributed by atoms with E-state index in [0.717, 1.165) is 50.5 Å². The van der Waals surface area contributed by atoms with Gasteiger partial charge in [0.05, 0.1) is 6.42 Å². The lowest BCUT2D eigenvalue weighted by Crippen LogP contribution is -2.48. The molecule has 4 aliphatic rings. The molecule has 3 saturated carbocycles. The summed E-state index contributed by atoms with van der Waals surface area (Å²) in [4.78, 5) is 24.4. The van der Waals surface area contributed by atoms with Gasteiger partial charge in [-0.2, -0.15) is 0 Å². The van der Waals surface area contributed by atoms with Crippen molar-refractivity contribution in [1.29, 1.82) is 0 Å². The molecule has 3 N–H and O–H groups in total. The molecule has 4 fully saturated rings.